The molecule has 3 amide bonds. The monoisotopic (exact) mass is 219 g/mol. The van der Waals surface area contributed by atoms with E-state index in [0.29, 0.717) is 4.90 Å². The van der Waals surface area contributed by atoms with Crippen molar-refractivity contribution in [2.24, 2.45) is 0 Å². The highest BCUT2D eigenvalue weighted by atomic mass is 16.3. The Morgan fingerprint density at radius 2 is 1.67 bits per heavy atom. The van der Waals surface area contributed by atoms with E-state index in [2.05, 4.69) is 0 Å². The SMILES string of the molecule is CC1(C)C(=O)N(CO)C(=O)[N+]1(CO)CO. The first-order chi connectivity index (χ1) is 6.89. The average molecular weight is 219 g/mol. The molecule has 1 aliphatic rings. The third-order valence-corrected chi connectivity index (χ3v) is 3.06. The molecule has 0 aliphatic carbocycles. The quantitative estimate of drug-likeness (QED) is 0.392. The van der Waals surface area contributed by atoms with Crippen LogP contribution >= 0.6 is 0 Å². The van der Waals surface area contributed by atoms with Crippen LogP contribution in [0.2, 0.25) is 0 Å². The lowest BCUT2D eigenvalue weighted by molar-refractivity contribution is -0.918. The number of aliphatic hydroxyl groups is 3. The average Bonchev–Trinajstić information content (AvgIpc) is 2.34. The molecule has 7 nitrogen and oxygen atoms in total. The molecule has 15 heavy (non-hydrogen) atoms. The lowest BCUT2D eigenvalue weighted by atomic mass is 10.0. The van der Waals surface area contributed by atoms with Gasteiger partial charge in [-0.3, -0.25) is 4.79 Å². The molecule has 0 spiro atoms. The van der Waals surface area contributed by atoms with Crippen molar-refractivity contribution in [3.63, 3.8) is 0 Å². The van der Waals surface area contributed by atoms with Gasteiger partial charge >= 0.3 is 6.03 Å². The Kier molecular flexibility index (Phi) is 2.83. The van der Waals surface area contributed by atoms with Crippen molar-refractivity contribution in [1.29, 1.82) is 0 Å². The number of quaternary nitrogens is 1. The van der Waals surface area contributed by atoms with Crippen LogP contribution in [0.25, 0.3) is 0 Å². The van der Waals surface area contributed by atoms with Gasteiger partial charge in [0.05, 0.1) is 0 Å². The number of amides is 3. The fraction of sp³-hybridized carbons (Fsp3) is 0.750. The van der Waals surface area contributed by atoms with Crippen LogP contribution < -0.4 is 0 Å². The molecule has 7 heteroatoms. The Labute approximate surface area is 86.7 Å². The van der Waals surface area contributed by atoms with Gasteiger partial charge in [0.2, 0.25) is 0 Å². The van der Waals surface area contributed by atoms with Crippen LogP contribution in [0.3, 0.4) is 0 Å². The van der Waals surface area contributed by atoms with Gasteiger partial charge in [-0.25, -0.2) is 9.69 Å². The van der Waals surface area contributed by atoms with E-state index in [1.54, 1.807) is 0 Å². The molecule has 0 radical (unpaired) electrons. The molecule has 0 aromatic carbocycles. The number of aliphatic hydroxyl groups excluding tert-OH is 3. The maximum Gasteiger partial charge on any atom is 0.432 e. The predicted molar refractivity (Wildman–Crippen MR) is 47.8 cm³/mol. The topological polar surface area (TPSA) is 98.1 Å². The first-order valence-electron chi connectivity index (χ1n) is 4.45. The summed E-state index contributed by atoms with van der Waals surface area (Å²) in [5.41, 5.74) is -1.27. The summed E-state index contributed by atoms with van der Waals surface area (Å²) < 4.78 is -0.799. The number of hydrogen-bond donors (Lipinski definition) is 3. The van der Waals surface area contributed by atoms with Gasteiger partial charge in [0.25, 0.3) is 5.91 Å². The largest absolute Gasteiger partial charge is 0.432 e. The number of carbonyl (C=O) groups is 2. The van der Waals surface area contributed by atoms with Gasteiger partial charge in [0.1, 0.15) is 6.73 Å². The number of imide groups is 1. The van der Waals surface area contributed by atoms with Crippen molar-refractivity contribution in [2.45, 2.75) is 19.4 Å². The molecule has 1 rings (SSSR count). The smallest absolute Gasteiger partial charge is 0.376 e. The minimum Gasteiger partial charge on any atom is -0.376 e. The second kappa shape index (κ2) is 3.53. The van der Waals surface area contributed by atoms with E-state index in [9.17, 15) is 19.8 Å². The Bertz CT molecular complexity index is 297. The third kappa shape index (κ3) is 1.21. The van der Waals surface area contributed by atoms with E-state index >= 15 is 0 Å². The number of nitrogens with zero attached hydrogens (tertiary/aromatic N) is 2. The van der Waals surface area contributed by atoms with E-state index in [4.69, 9.17) is 5.11 Å². The van der Waals surface area contributed by atoms with Crippen LogP contribution in [0, 0.1) is 0 Å². The zero-order chi connectivity index (χ0) is 11.9. The van der Waals surface area contributed by atoms with E-state index in [1.807, 2.05) is 0 Å². The first kappa shape index (κ1) is 12.1. The van der Waals surface area contributed by atoms with Crippen LogP contribution in [0.1, 0.15) is 13.8 Å². The minimum absolute atomic E-state index is 0.613. The molecule has 0 saturated carbocycles. The summed E-state index contributed by atoms with van der Waals surface area (Å²) in [6, 6.07) is -0.794. The molecular weight excluding hydrogens is 204 g/mol. The zero-order valence-electron chi connectivity index (χ0n) is 8.67. The van der Waals surface area contributed by atoms with Crippen molar-refractivity contribution < 1.29 is 29.4 Å². The van der Waals surface area contributed by atoms with Crippen molar-refractivity contribution in [1.82, 2.24) is 4.90 Å². The van der Waals surface area contributed by atoms with Crippen molar-refractivity contribution in [3.8, 4) is 0 Å². The second-order valence-electron chi connectivity index (χ2n) is 3.97. The van der Waals surface area contributed by atoms with Crippen molar-refractivity contribution in [2.75, 3.05) is 20.2 Å². The molecule has 1 saturated heterocycles. The van der Waals surface area contributed by atoms with Crippen LogP contribution in [-0.4, -0.2) is 62.4 Å². The zero-order valence-corrected chi connectivity index (χ0v) is 8.67. The molecule has 3 N–H and O–H groups in total. The molecule has 0 atom stereocenters. The van der Waals surface area contributed by atoms with E-state index in [1.165, 1.54) is 13.8 Å². The van der Waals surface area contributed by atoms with Gasteiger partial charge in [-0.05, 0) is 0 Å². The lowest BCUT2D eigenvalue weighted by Gasteiger charge is -2.35. The predicted octanol–water partition coefficient (Wildman–Crippen LogP) is -1.61. The highest BCUT2D eigenvalue weighted by Crippen LogP contribution is 2.34. The van der Waals surface area contributed by atoms with Crippen LogP contribution in [0.5, 0.6) is 0 Å². The summed E-state index contributed by atoms with van der Waals surface area (Å²) in [5, 5.41) is 27.2. The summed E-state index contributed by atoms with van der Waals surface area (Å²) in [4.78, 5) is 24.1. The Morgan fingerprint density at radius 1 is 1.20 bits per heavy atom. The molecule has 1 heterocycles. The normalized spacial score (nSPS) is 23.7. The molecule has 0 unspecified atom stereocenters. The summed E-state index contributed by atoms with van der Waals surface area (Å²) in [7, 11) is 0. The molecule has 86 valence electrons. The molecule has 1 aliphatic heterocycles. The van der Waals surface area contributed by atoms with Gasteiger partial charge in [-0.15, -0.1) is 0 Å². The summed E-state index contributed by atoms with van der Waals surface area (Å²) in [6.07, 6.45) is 0. The standard InChI is InChI=1S/C8H15N2O5/c1-8(2)6(14)9(3-11)7(15)10(8,4-12)5-13/h11-13H,3-5H2,1-2H3/q+1. The minimum atomic E-state index is -1.27. The first-order valence-corrected chi connectivity index (χ1v) is 4.45. The summed E-state index contributed by atoms with van der Waals surface area (Å²) >= 11 is 0. The molecule has 0 aromatic rings. The number of rotatable bonds is 3. The molecular formula is C8H15N2O5+. The van der Waals surface area contributed by atoms with Gasteiger partial charge in [-0.1, -0.05) is 0 Å². The Balaban J connectivity index is 3.29. The van der Waals surface area contributed by atoms with Crippen LogP contribution in [0.4, 0.5) is 4.79 Å². The highest BCUT2D eigenvalue weighted by Gasteiger charge is 2.65. The fourth-order valence-electron chi connectivity index (χ4n) is 1.71. The number of urea groups is 1. The van der Waals surface area contributed by atoms with Crippen molar-refractivity contribution in [3.05, 3.63) is 0 Å². The van der Waals surface area contributed by atoms with Crippen LogP contribution in [0.15, 0.2) is 0 Å². The summed E-state index contributed by atoms with van der Waals surface area (Å²) in [5.74, 6) is -0.613. The van der Waals surface area contributed by atoms with Crippen LogP contribution in [-0.2, 0) is 4.79 Å². The number of hydrogen-bond acceptors (Lipinski definition) is 5. The molecule has 0 aromatic heterocycles. The Morgan fingerprint density at radius 3 is 1.87 bits per heavy atom. The fourth-order valence-corrected chi connectivity index (χ4v) is 1.71. The van der Waals surface area contributed by atoms with Gasteiger partial charge in [0.15, 0.2) is 19.0 Å². The Hall–Kier alpha value is -1.02. The molecule has 1 fully saturated rings. The van der Waals surface area contributed by atoms with Crippen molar-refractivity contribution >= 4 is 11.9 Å². The molecule has 0 bridgehead atoms. The maximum atomic E-state index is 11.7. The van der Waals surface area contributed by atoms with Gasteiger partial charge < -0.3 is 15.3 Å². The maximum absolute atomic E-state index is 11.7. The highest BCUT2D eigenvalue weighted by molar-refractivity contribution is 6.01. The van der Waals surface area contributed by atoms with E-state index < -0.39 is 42.2 Å². The van der Waals surface area contributed by atoms with Gasteiger partial charge in [-0.2, -0.15) is 4.48 Å². The second-order valence-corrected chi connectivity index (χ2v) is 3.97. The van der Waals surface area contributed by atoms with E-state index in [-0.39, 0.29) is 0 Å². The van der Waals surface area contributed by atoms with Gasteiger partial charge in [0, 0.05) is 13.8 Å². The summed E-state index contributed by atoms with van der Waals surface area (Å²) in [6.45, 7) is 0.751. The third-order valence-electron chi connectivity index (χ3n) is 3.06. The van der Waals surface area contributed by atoms with E-state index in [0.717, 1.165) is 0 Å². The lowest BCUT2D eigenvalue weighted by Crippen LogP contribution is -2.62. The number of carbonyl (C=O) groups excluding carboxylic acids is 2.